The maximum atomic E-state index is 12.0. The highest BCUT2D eigenvalue weighted by atomic mass is 16.5. The molecule has 1 aromatic heterocycles. The van der Waals surface area contributed by atoms with Crippen molar-refractivity contribution < 1.29 is 9.53 Å². The quantitative estimate of drug-likeness (QED) is 0.938. The summed E-state index contributed by atoms with van der Waals surface area (Å²) in [6.45, 7) is 2.36. The van der Waals surface area contributed by atoms with E-state index in [1.54, 1.807) is 20.2 Å². The summed E-state index contributed by atoms with van der Waals surface area (Å²) in [6.07, 6.45) is 4.70. The molecule has 1 aliphatic heterocycles. The summed E-state index contributed by atoms with van der Waals surface area (Å²) in [5.41, 5.74) is 8.50. The second-order valence-corrected chi connectivity index (χ2v) is 5.98. The second-order valence-electron chi connectivity index (χ2n) is 5.98. The van der Waals surface area contributed by atoms with E-state index in [2.05, 4.69) is 9.97 Å². The summed E-state index contributed by atoms with van der Waals surface area (Å²) >= 11 is 0. The fourth-order valence-electron chi connectivity index (χ4n) is 3.27. The van der Waals surface area contributed by atoms with Crippen molar-refractivity contribution in [1.82, 2.24) is 14.9 Å². The zero-order chi connectivity index (χ0) is 17.1. The molecule has 2 heterocycles. The monoisotopic (exact) mass is 326 g/mol. The van der Waals surface area contributed by atoms with Crippen LogP contribution in [0.4, 0.5) is 5.95 Å². The molecule has 2 aromatic rings. The summed E-state index contributed by atoms with van der Waals surface area (Å²) in [4.78, 5) is 22.6. The minimum Gasteiger partial charge on any atom is -0.497 e. The number of anilines is 1. The van der Waals surface area contributed by atoms with E-state index in [9.17, 15) is 4.79 Å². The lowest BCUT2D eigenvalue weighted by Gasteiger charge is -2.35. The third-order valence-corrected chi connectivity index (χ3v) is 4.44. The first kappa shape index (κ1) is 16.2. The number of likely N-dealkylation sites (tertiary alicyclic amines) is 1. The molecule has 3 rings (SSSR count). The van der Waals surface area contributed by atoms with E-state index >= 15 is 0 Å². The molecule has 1 unspecified atom stereocenters. The smallest absolute Gasteiger partial charge is 0.220 e. The topological polar surface area (TPSA) is 81.3 Å². The van der Waals surface area contributed by atoms with Gasteiger partial charge in [0.15, 0.2) is 0 Å². The molecule has 0 aliphatic carbocycles. The lowest BCUT2D eigenvalue weighted by Crippen LogP contribution is -2.37. The third-order valence-electron chi connectivity index (χ3n) is 4.44. The van der Waals surface area contributed by atoms with Crippen LogP contribution in [0.3, 0.4) is 0 Å². The molecular formula is C18H22N4O2. The molecule has 1 aromatic carbocycles. The third kappa shape index (κ3) is 3.18. The summed E-state index contributed by atoms with van der Waals surface area (Å²) in [5, 5.41) is 0. The van der Waals surface area contributed by atoms with Crippen molar-refractivity contribution in [3.8, 4) is 16.9 Å². The van der Waals surface area contributed by atoms with Gasteiger partial charge in [0.2, 0.25) is 11.9 Å². The molecule has 2 N–H and O–H groups in total. The van der Waals surface area contributed by atoms with E-state index in [0.717, 1.165) is 48.4 Å². The van der Waals surface area contributed by atoms with Crippen LogP contribution in [0.2, 0.25) is 0 Å². The van der Waals surface area contributed by atoms with Gasteiger partial charge in [0.1, 0.15) is 5.75 Å². The van der Waals surface area contributed by atoms with Gasteiger partial charge in [-0.2, -0.15) is 0 Å². The molecule has 0 spiro atoms. The fraction of sp³-hybridized carbons (Fsp3) is 0.389. The highest BCUT2D eigenvalue weighted by Gasteiger charge is 2.29. The van der Waals surface area contributed by atoms with Crippen molar-refractivity contribution in [3.05, 3.63) is 36.2 Å². The van der Waals surface area contributed by atoms with Crippen LogP contribution in [0, 0.1) is 0 Å². The molecule has 0 radical (unpaired) electrons. The predicted octanol–water partition coefficient (Wildman–Crippen LogP) is 2.81. The Morgan fingerprint density at radius 2 is 2.21 bits per heavy atom. The summed E-state index contributed by atoms with van der Waals surface area (Å²) in [5.74, 6) is 1.06. The number of amides is 1. The SMILES string of the molecule is COc1cccc(-c2cnc(N)nc2C2CCCCN2C(C)=O)c1. The molecule has 6 heteroatoms. The highest BCUT2D eigenvalue weighted by Crippen LogP contribution is 2.36. The van der Waals surface area contributed by atoms with E-state index in [0.29, 0.717) is 0 Å². The number of hydrogen-bond donors (Lipinski definition) is 1. The van der Waals surface area contributed by atoms with Crippen molar-refractivity contribution >= 4 is 11.9 Å². The van der Waals surface area contributed by atoms with Crippen LogP contribution in [0.25, 0.3) is 11.1 Å². The van der Waals surface area contributed by atoms with E-state index in [4.69, 9.17) is 10.5 Å². The van der Waals surface area contributed by atoms with Gasteiger partial charge in [-0.15, -0.1) is 0 Å². The molecule has 24 heavy (non-hydrogen) atoms. The average Bonchev–Trinajstić information content (AvgIpc) is 2.61. The van der Waals surface area contributed by atoms with Gasteiger partial charge in [0, 0.05) is 25.2 Å². The minimum atomic E-state index is -0.0669. The number of aromatic nitrogens is 2. The molecule has 1 fully saturated rings. The summed E-state index contributed by atoms with van der Waals surface area (Å²) < 4.78 is 5.31. The fourth-order valence-corrected chi connectivity index (χ4v) is 3.27. The summed E-state index contributed by atoms with van der Waals surface area (Å²) in [7, 11) is 1.64. The lowest BCUT2D eigenvalue weighted by molar-refractivity contribution is -0.132. The first-order valence-electron chi connectivity index (χ1n) is 8.14. The molecule has 0 bridgehead atoms. The van der Waals surface area contributed by atoms with Crippen molar-refractivity contribution in [2.75, 3.05) is 19.4 Å². The Morgan fingerprint density at radius 3 is 2.96 bits per heavy atom. The number of carbonyl (C=O) groups excluding carboxylic acids is 1. The molecule has 1 atom stereocenters. The van der Waals surface area contributed by atoms with Gasteiger partial charge in [-0.25, -0.2) is 9.97 Å². The van der Waals surface area contributed by atoms with E-state index in [1.165, 1.54) is 0 Å². The van der Waals surface area contributed by atoms with Crippen molar-refractivity contribution in [3.63, 3.8) is 0 Å². The Bertz CT molecular complexity index is 748. The Labute approximate surface area is 141 Å². The maximum Gasteiger partial charge on any atom is 0.220 e. The predicted molar refractivity (Wildman–Crippen MR) is 92.4 cm³/mol. The van der Waals surface area contributed by atoms with Crippen LogP contribution in [0.5, 0.6) is 5.75 Å². The van der Waals surface area contributed by atoms with Crippen LogP contribution >= 0.6 is 0 Å². The summed E-state index contributed by atoms with van der Waals surface area (Å²) in [6, 6.07) is 7.69. The molecule has 1 saturated heterocycles. The van der Waals surface area contributed by atoms with Crippen LogP contribution in [0.15, 0.2) is 30.5 Å². The zero-order valence-corrected chi connectivity index (χ0v) is 14.0. The zero-order valence-electron chi connectivity index (χ0n) is 14.0. The van der Waals surface area contributed by atoms with Crippen molar-refractivity contribution in [1.29, 1.82) is 0 Å². The van der Waals surface area contributed by atoms with Crippen LogP contribution in [-0.2, 0) is 4.79 Å². The van der Waals surface area contributed by atoms with Gasteiger partial charge in [0.25, 0.3) is 0 Å². The van der Waals surface area contributed by atoms with Crippen molar-refractivity contribution in [2.24, 2.45) is 0 Å². The Kier molecular flexibility index (Phi) is 4.64. The Morgan fingerprint density at radius 1 is 1.38 bits per heavy atom. The van der Waals surface area contributed by atoms with Gasteiger partial charge in [-0.1, -0.05) is 12.1 Å². The van der Waals surface area contributed by atoms with Gasteiger partial charge in [0.05, 0.1) is 18.8 Å². The van der Waals surface area contributed by atoms with E-state index in [1.807, 2.05) is 29.2 Å². The van der Waals surface area contributed by atoms with E-state index in [-0.39, 0.29) is 17.9 Å². The van der Waals surface area contributed by atoms with Crippen LogP contribution in [-0.4, -0.2) is 34.4 Å². The van der Waals surface area contributed by atoms with Crippen molar-refractivity contribution in [2.45, 2.75) is 32.2 Å². The highest BCUT2D eigenvalue weighted by molar-refractivity contribution is 5.75. The molecule has 0 saturated carbocycles. The first-order chi connectivity index (χ1) is 11.6. The number of nitrogen functional groups attached to an aromatic ring is 1. The number of benzene rings is 1. The molecule has 1 amide bonds. The Balaban J connectivity index is 2.09. The van der Waals surface area contributed by atoms with Gasteiger partial charge in [-0.05, 0) is 37.0 Å². The number of nitrogens with zero attached hydrogens (tertiary/aromatic N) is 3. The normalized spacial score (nSPS) is 17.6. The molecular weight excluding hydrogens is 304 g/mol. The van der Waals surface area contributed by atoms with Gasteiger partial charge < -0.3 is 15.4 Å². The number of methoxy groups -OCH3 is 1. The number of ether oxygens (including phenoxy) is 1. The van der Waals surface area contributed by atoms with Gasteiger partial charge in [-0.3, -0.25) is 4.79 Å². The first-order valence-corrected chi connectivity index (χ1v) is 8.14. The van der Waals surface area contributed by atoms with Gasteiger partial charge >= 0.3 is 0 Å². The number of rotatable bonds is 3. The molecule has 6 nitrogen and oxygen atoms in total. The van der Waals surface area contributed by atoms with Crippen LogP contribution in [0.1, 0.15) is 37.9 Å². The number of piperidine rings is 1. The largest absolute Gasteiger partial charge is 0.497 e. The number of nitrogens with two attached hydrogens (primary N) is 1. The lowest BCUT2D eigenvalue weighted by atomic mass is 9.93. The number of hydrogen-bond acceptors (Lipinski definition) is 5. The standard InChI is InChI=1S/C18H22N4O2/c1-12(23)22-9-4-3-8-16(22)17-15(11-20-18(19)21-17)13-6-5-7-14(10-13)24-2/h5-7,10-11,16H,3-4,8-9H2,1-2H3,(H2,19,20,21). The maximum absolute atomic E-state index is 12.0. The van der Waals surface area contributed by atoms with Crippen LogP contribution < -0.4 is 10.5 Å². The minimum absolute atomic E-state index is 0.0634. The average molecular weight is 326 g/mol. The number of carbonyl (C=O) groups is 1. The Hall–Kier alpha value is -2.63. The van der Waals surface area contributed by atoms with E-state index < -0.39 is 0 Å². The molecule has 1 aliphatic rings. The molecule has 126 valence electrons. The second kappa shape index (κ2) is 6.86.